The van der Waals surface area contributed by atoms with Crippen molar-refractivity contribution < 1.29 is 4.79 Å². The van der Waals surface area contributed by atoms with Crippen LogP contribution in [0.3, 0.4) is 0 Å². The fourth-order valence-electron chi connectivity index (χ4n) is 1.31. The highest BCUT2D eigenvalue weighted by molar-refractivity contribution is 5.94. The van der Waals surface area contributed by atoms with Crippen LogP contribution in [-0.2, 0) is 6.42 Å². The summed E-state index contributed by atoms with van der Waals surface area (Å²) in [6.07, 6.45) is 8.42. The van der Waals surface area contributed by atoms with Gasteiger partial charge in [-0.05, 0) is 0 Å². The fourth-order valence-corrected chi connectivity index (χ4v) is 1.31. The molecule has 0 aliphatic carbocycles. The van der Waals surface area contributed by atoms with E-state index in [0.29, 0.717) is 12.1 Å². The van der Waals surface area contributed by atoms with Crippen molar-refractivity contribution in [2.75, 3.05) is 0 Å². The van der Waals surface area contributed by atoms with Crippen molar-refractivity contribution in [1.29, 1.82) is 0 Å². The van der Waals surface area contributed by atoms with E-state index in [1.165, 1.54) is 23.2 Å². The zero-order chi connectivity index (χ0) is 10.7. The molecule has 0 aromatic carbocycles. The molecule has 0 bridgehead atoms. The van der Waals surface area contributed by atoms with Gasteiger partial charge in [0.05, 0.1) is 6.20 Å². The number of nitrogens with zero attached hydrogens (tertiary/aromatic N) is 4. The predicted molar refractivity (Wildman–Crippen MR) is 53.4 cm³/mol. The maximum atomic E-state index is 11.9. The van der Waals surface area contributed by atoms with Crippen LogP contribution >= 0.6 is 0 Å². The number of carbonyl (C=O) groups is 1. The van der Waals surface area contributed by atoms with Crippen LogP contribution in [0.25, 0.3) is 0 Å². The summed E-state index contributed by atoms with van der Waals surface area (Å²) in [7, 11) is 0. The second kappa shape index (κ2) is 4.00. The van der Waals surface area contributed by atoms with E-state index < -0.39 is 0 Å². The van der Waals surface area contributed by atoms with Gasteiger partial charge < -0.3 is 0 Å². The molecule has 0 spiro atoms. The molecule has 0 fully saturated rings. The van der Waals surface area contributed by atoms with Crippen molar-refractivity contribution in [3.63, 3.8) is 0 Å². The lowest BCUT2D eigenvalue weighted by Crippen LogP contribution is -2.15. The fraction of sp³-hybridized carbons (Fsp3) is 0.200. The predicted octanol–water partition coefficient (Wildman–Crippen LogP) is 0.924. The number of hydrogen-bond donors (Lipinski definition) is 0. The lowest BCUT2D eigenvalue weighted by molar-refractivity contribution is 0.0951. The van der Waals surface area contributed by atoms with Gasteiger partial charge in [0.15, 0.2) is 0 Å². The number of carbonyl (C=O) groups excluding carboxylic acids is 1. The largest absolute Gasteiger partial charge is 0.283 e. The highest BCUT2D eigenvalue weighted by atomic mass is 16.2. The van der Waals surface area contributed by atoms with Gasteiger partial charge in [-0.1, -0.05) is 6.92 Å². The van der Waals surface area contributed by atoms with E-state index in [2.05, 4.69) is 15.0 Å². The maximum absolute atomic E-state index is 11.9. The molecule has 2 aromatic heterocycles. The molecule has 0 radical (unpaired) electrons. The summed E-state index contributed by atoms with van der Waals surface area (Å²) in [6, 6.07) is 0. The zero-order valence-electron chi connectivity index (χ0n) is 8.29. The van der Waals surface area contributed by atoms with E-state index in [4.69, 9.17) is 0 Å². The molecular formula is C10H10N4O. The first-order valence-electron chi connectivity index (χ1n) is 4.66. The molecule has 0 saturated heterocycles. The van der Waals surface area contributed by atoms with Crippen molar-refractivity contribution in [2.24, 2.45) is 0 Å². The van der Waals surface area contributed by atoms with Gasteiger partial charge in [-0.2, -0.15) is 0 Å². The van der Waals surface area contributed by atoms with Crippen LogP contribution in [0.5, 0.6) is 0 Å². The average Bonchev–Trinajstić information content (AvgIpc) is 2.77. The average molecular weight is 202 g/mol. The van der Waals surface area contributed by atoms with Gasteiger partial charge in [0.25, 0.3) is 5.91 Å². The summed E-state index contributed by atoms with van der Waals surface area (Å²) < 4.78 is 1.49. The molecule has 0 unspecified atom stereocenters. The van der Waals surface area contributed by atoms with Crippen LogP contribution in [0.1, 0.15) is 23.2 Å². The standard InChI is InChI=1S/C10H10N4O/c1-2-9-13-5-6-14(9)10(15)8-7-11-3-4-12-8/h3-7H,2H2,1H3. The van der Waals surface area contributed by atoms with Crippen LogP contribution < -0.4 is 0 Å². The number of aromatic nitrogens is 4. The van der Waals surface area contributed by atoms with Crippen LogP contribution in [0, 0.1) is 0 Å². The van der Waals surface area contributed by atoms with E-state index in [0.717, 1.165) is 5.82 Å². The summed E-state index contributed by atoms with van der Waals surface area (Å²) in [4.78, 5) is 23.8. The summed E-state index contributed by atoms with van der Waals surface area (Å²) >= 11 is 0. The minimum absolute atomic E-state index is 0.197. The Kier molecular flexibility index (Phi) is 2.53. The van der Waals surface area contributed by atoms with Crippen molar-refractivity contribution in [3.8, 4) is 0 Å². The van der Waals surface area contributed by atoms with Crippen molar-refractivity contribution in [3.05, 3.63) is 42.5 Å². The van der Waals surface area contributed by atoms with Crippen LogP contribution in [0.4, 0.5) is 0 Å². The summed E-state index contributed by atoms with van der Waals surface area (Å²) in [5.41, 5.74) is 0.324. The zero-order valence-corrected chi connectivity index (χ0v) is 8.29. The molecule has 15 heavy (non-hydrogen) atoms. The van der Waals surface area contributed by atoms with Gasteiger partial charge >= 0.3 is 0 Å². The van der Waals surface area contributed by atoms with E-state index >= 15 is 0 Å². The van der Waals surface area contributed by atoms with Crippen LogP contribution in [-0.4, -0.2) is 25.4 Å². The van der Waals surface area contributed by atoms with Gasteiger partial charge in [-0.3, -0.25) is 14.3 Å². The molecule has 0 atom stereocenters. The summed E-state index contributed by atoms with van der Waals surface area (Å²) in [6.45, 7) is 1.95. The molecular weight excluding hydrogens is 192 g/mol. The molecule has 5 nitrogen and oxygen atoms in total. The molecule has 2 aromatic rings. The van der Waals surface area contributed by atoms with Crippen molar-refractivity contribution in [1.82, 2.24) is 19.5 Å². The highest BCUT2D eigenvalue weighted by Gasteiger charge is 2.12. The first-order chi connectivity index (χ1) is 7.33. The van der Waals surface area contributed by atoms with Gasteiger partial charge in [0, 0.05) is 31.2 Å². The lowest BCUT2D eigenvalue weighted by atomic mass is 10.4. The summed E-state index contributed by atoms with van der Waals surface area (Å²) in [5, 5.41) is 0. The number of hydrogen-bond acceptors (Lipinski definition) is 4. The SMILES string of the molecule is CCc1nccn1C(=O)c1cnccn1. The third-order valence-electron chi connectivity index (χ3n) is 2.03. The lowest BCUT2D eigenvalue weighted by Gasteiger charge is -2.02. The second-order valence-corrected chi connectivity index (χ2v) is 2.96. The number of imidazole rings is 1. The second-order valence-electron chi connectivity index (χ2n) is 2.96. The quantitative estimate of drug-likeness (QED) is 0.726. The summed E-state index contributed by atoms with van der Waals surface area (Å²) in [5.74, 6) is 0.531. The Morgan fingerprint density at radius 2 is 2.20 bits per heavy atom. The number of rotatable bonds is 2. The molecule has 0 N–H and O–H groups in total. The minimum Gasteiger partial charge on any atom is -0.268 e. The highest BCUT2D eigenvalue weighted by Crippen LogP contribution is 2.02. The minimum atomic E-state index is -0.197. The molecule has 0 amide bonds. The first kappa shape index (κ1) is 9.51. The molecule has 76 valence electrons. The first-order valence-corrected chi connectivity index (χ1v) is 4.66. The normalized spacial score (nSPS) is 10.2. The molecule has 2 rings (SSSR count). The third kappa shape index (κ3) is 1.76. The monoisotopic (exact) mass is 202 g/mol. The smallest absolute Gasteiger partial charge is 0.268 e. The molecule has 0 saturated carbocycles. The maximum Gasteiger partial charge on any atom is 0.283 e. The van der Waals surface area contributed by atoms with Gasteiger partial charge in [-0.15, -0.1) is 0 Å². The van der Waals surface area contributed by atoms with E-state index in [1.807, 2.05) is 6.92 Å². The van der Waals surface area contributed by atoms with Crippen molar-refractivity contribution >= 4 is 5.91 Å². The van der Waals surface area contributed by atoms with Crippen LogP contribution in [0.2, 0.25) is 0 Å². The Morgan fingerprint density at radius 3 is 2.87 bits per heavy atom. The Balaban J connectivity index is 2.37. The van der Waals surface area contributed by atoms with Gasteiger partial charge in [0.1, 0.15) is 11.5 Å². The molecule has 2 heterocycles. The Morgan fingerprint density at radius 1 is 1.33 bits per heavy atom. The van der Waals surface area contributed by atoms with Crippen LogP contribution in [0.15, 0.2) is 31.0 Å². The van der Waals surface area contributed by atoms with Gasteiger partial charge in [-0.25, -0.2) is 9.97 Å². The van der Waals surface area contributed by atoms with E-state index in [1.54, 1.807) is 12.4 Å². The topological polar surface area (TPSA) is 60.7 Å². The third-order valence-corrected chi connectivity index (χ3v) is 2.03. The Hall–Kier alpha value is -2.04. The molecule has 5 heteroatoms. The Bertz CT molecular complexity index is 463. The molecule has 0 aliphatic heterocycles. The van der Waals surface area contributed by atoms with E-state index in [-0.39, 0.29) is 5.91 Å². The van der Waals surface area contributed by atoms with E-state index in [9.17, 15) is 4.79 Å². The van der Waals surface area contributed by atoms with Crippen molar-refractivity contribution in [2.45, 2.75) is 13.3 Å². The number of aryl methyl sites for hydroxylation is 1. The Labute approximate surface area is 86.8 Å². The van der Waals surface area contributed by atoms with Gasteiger partial charge in [0.2, 0.25) is 0 Å². The molecule has 0 aliphatic rings.